The summed E-state index contributed by atoms with van der Waals surface area (Å²) in [6.45, 7) is 2.25. The molecule has 1 atom stereocenters. The van der Waals surface area contributed by atoms with Gasteiger partial charge in [0.15, 0.2) is 5.65 Å². The summed E-state index contributed by atoms with van der Waals surface area (Å²) in [5.74, 6) is -0.400. The van der Waals surface area contributed by atoms with Crippen molar-refractivity contribution in [3.8, 4) is 0 Å². The first kappa shape index (κ1) is 20.9. The van der Waals surface area contributed by atoms with Crippen LogP contribution in [0, 0.1) is 5.82 Å². The van der Waals surface area contributed by atoms with Crippen molar-refractivity contribution in [1.82, 2.24) is 29.7 Å². The number of nitrogens with two attached hydrogens (primary N) is 1. The molecule has 12 heteroatoms. The van der Waals surface area contributed by atoms with E-state index in [1.807, 2.05) is 17.0 Å². The molecule has 9 nitrogen and oxygen atoms in total. The topological polar surface area (TPSA) is 112 Å². The van der Waals surface area contributed by atoms with Gasteiger partial charge in [-0.15, -0.1) is 21.5 Å². The highest BCUT2D eigenvalue weighted by Crippen LogP contribution is 2.39. The van der Waals surface area contributed by atoms with Crippen LogP contribution >= 0.6 is 23.1 Å². The van der Waals surface area contributed by atoms with Gasteiger partial charge < -0.3 is 10.5 Å². The van der Waals surface area contributed by atoms with Gasteiger partial charge in [-0.25, -0.2) is 9.37 Å². The lowest BCUT2D eigenvalue weighted by Crippen LogP contribution is -2.44. The highest BCUT2D eigenvalue weighted by atomic mass is 32.2. The van der Waals surface area contributed by atoms with E-state index < -0.39 is 17.8 Å². The summed E-state index contributed by atoms with van der Waals surface area (Å²) in [4.78, 5) is 19.1. The van der Waals surface area contributed by atoms with Crippen molar-refractivity contribution in [1.29, 1.82) is 0 Å². The Bertz CT molecular complexity index is 1360. The molecule has 0 spiro atoms. The van der Waals surface area contributed by atoms with E-state index in [1.165, 1.54) is 29.2 Å². The zero-order valence-electron chi connectivity index (χ0n) is 17.5. The molecule has 33 heavy (non-hydrogen) atoms. The Morgan fingerprint density at radius 2 is 2.06 bits per heavy atom. The Kier molecular flexibility index (Phi) is 5.24. The Morgan fingerprint density at radius 3 is 2.82 bits per heavy atom. The van der Waals surface area contributed by atoms with Crippen LogP contribution in [0.25, 0.3) is 15.9 Å². The molecule has 2 aliphatic rings. The zero-order chi connectivity index (χ0) is 22.5. The number of nitrogens with zero attached hydrogens (tertiary/aromatic N) is 6. The number of hydrogen-bond donors (Lipinski definition) is 1. The minimum Gasteiger partial charge on any atom is -0.379 e. The van der Waals surface area contributed by atoms with E-state index in [0.717, 1.165) is 23.2 Å². The van der Waals surface area contributed by atoms with Gasteiger partial charge in [0.05, 0.1) is 34.0 Å². The minimum absolute atomic E-state index is 0.396. The van der Waals surface area contributed by atoms with Crippen molar-refractivity contribution in [2.24, 2.45) is 5.73 Å². The van der Waals surface area contributed by atoms with Crippen LogP contribution in [0.15, 0.2) is 34.3 Å². The van der Waals surface area contributed by atoms with Crippen LogP contribution in [-0.2, 0) is 9.53 Å². The number of benzene rings is 1. The van der Waals surface area contributed by atoms with E-state index in [-0.39, 0.29) is 0 Å². The summed E-state index contributed by atoms with van der Waals surface area (Å²) in [5.41, 5.74) is 7.83. The maximum absolute atomic E-state index is 15.0. The molecule has 1 aromatic carbocycles. The normalized spacial score (nSPS) is 18.2. The van der Waals surface area contributed by atoms with Crippen molar-refractivity contribution >= 4 is 44.9 Å². The predicted molar refractivity (Wildman–Crippen MR) is 121 cm³/mol. The van der Waals surface area contributed by atoms with Gasteiger partial charge in [0.2, 0.25) is 11.1 Å². The second kappa shape index (κ2) is 8.28. The molecule has 4 heterocycles. The number of halogens is 1. The summed E-state index contributed by atoms with van der Waals surface area (Å²) in [7, 11) is 0. The maximum Gasteiger partial charge on any atom is 0.241 e. The quantitative estimate of drug-likeness (QED) is 0.444. The zero-order valence-corrected chi connectivity index (χ0v) is 19.1. The van der Waals surface area contributed by atoms with Gasteiger partial charge in [-0.2, -0.15) is 9.61 Å². The summed E-state index contributed by atoms with van der Waals surface area (Å²) >= 11 is 2.52. The lowest BCUT2D eigenvalue weighted by molar-refractivity contribution is -0.125. The number of hydrogen-bond acceptors (Lipinski definition) is 9. The summed E-state index contributed by atoms with van der Waals surface area (Å²) in [6.07, 6.45) is 2.28. The molecule has 170 valence electrons. The van der Waals surface area contributed by atoms with Crippen molar-refractivity contribution in [2.75, 3.05) is 26.3 Å². The van der Waals surface area contributed by atoms with Crippen LogP contribution in [0.4, 0.5) is 4.39 Å². The van der Waals surface area contributed by atoms with Gasteiger partial charge in [-0.05, 0) is 42.8 Å². The molecule has 4 aromatic rings. The molecule has 2 fully saturated rings. The van der Waals surface area contributed by atoms with Gasteiger partial charge in [-0.3, -0.25) is 9.69 Å². The first-order valence-corrected chi connectivity index (χ1v) is 12.3. The van der Waals surface area contributed by atoms with Crippen LogP contribution in [0.5, 0.6) is 0 Å². The van der Waals surface area contributed by atoms with Crippen LogP contribution < -0.4 is 5.73 Å². The molecule has 2 N–H and O–H groups in total. The minimum atomic E-state index is -0.657. The first-order valence-electron chi connectivity index (χ1n) is 10.7. The number of rotatable bonds is 6. The third kappa shape index (κ3) is 3.97. The highest BCUT2D eigenvalue weighted by molar-refractivity contribution is 7.99. The number of ether oxygens (including phenoxy) is 1. The van der Waals surface area contributed by atoms with E-state index in [2.05, 4.69) is 20.3 Å². The third-order valence-electron chi connectivity index (χ3n) is 5.82. The molecule has 3 aromatic heterocycles. The fourth-order valence-electron chi connectivity index (χ4n) is 3.98. The fraction of sp³-hybridized carbons (Fsp3) is 0.381. The van der Waals surface area contributed by atoms with Gasteiger partial charge in [-0.1, -0.05) is 0 Å². The second-order valence-electron chi connectivity index (χ2n) is 8.14. The van der Waals surface area contributed by atoms with E-state index in [1.54, 1.807) is 10.6 Å². The number of morpholine rings is 1. The van der Waals surface area contributed by atoms with Crippen LogP contribution in [0.2, 0.25) is 0 Å². The van der Waals surface area contributed by atoms with Gasteiger partial charge in [0, 0.05) is 25.1 Å². The average molecular weight is 486 g/mol. The lowest BCUT2D eigenvalue weighted by atomic mass is 10.2. The number of amides is 1. The number of thiazole rings is 1. The fourth-order valence-corrected chi connectivity index (χ4v) is 6.02. The first-order chi connectivity index (χ1) is 16.1. The van der Waals surface area contributed by atoms with E-state index in [9.17, 15) is 9.18 Å². The molecule has 1 amide bonds. The predicted octanol–water partition coefficient (Wildman–Crippen LogP) is 2.76. The number of carbonyl (C=O) groups is 1. The molecule has 1 saturated carbocycles. The van der Waals surface area contributed by atoms with E-state index in [0.29, 0.717) is 58.4 Å². The highest BCUT2D eigenvalue weighted by Gasteiger charge is 2.30. The van der Waals surface area contributed by atoms with Gasteiger partial charge in [0.25, 0.3) is 0 Å². The average Bonchev–Trinajstić information content (AvgIpc) is 3.48. The number of fused-ring (bicyclic) bond motifs is 2. The van der Waals surface area contributed by atoms with Crippen LogP contribution in [-0.4, -0.2) is 61.9 Å². The van der Waals surface area contributed by atoms with Crippen LogP contribution in [0.1, 0.15) is 35.5 Å². The molecular weight excluding hydrogens is 465 g/mol. The van der Waals surface area contributed by atoms with Gasteiger partial charge >= 0.3 is 0 Å². The van der Waals surface area contributed by atoms with E-state index in [4.69, 9.17) is 10.5 Å². The van der Waals surface area contributed by atoms with Crippen molar-refractivity contribution in [3.63, 3.8) is 0 Å². The smallest absolute Gasteiger partial charge is 0.241 e. The second-order valence-corrected chi connectivity index (χ2v) is 10.2. The molecule has 1 unspecified atom stereocenters. The number of aromatic nitrogens is 5. The molecule has 0 radical (unpaired) electrons. The Labute approximate surface area is 196 Å². The summed E-state index contributed by atoms with van der Waals surface area (Å²) < 4.78 is 22.8. The maximum atomic E-state index is 15.0. The third-order valence-corrected chi connectivity index (χ3v) is 7.87. The standard InChI is InChI=1S/C21H20FN7O2S2/c22-12-9-14-16(32-20(24-14)18(19(23)30)28-5-7-31-8-6-28)10-15(12)33-21-26-25-17-4-3-13(11-1-2-11)27-29(17)21/h3-4,9-11,18H,1-2,5-8H2,(H2,23,30). The molecule has 1 aliphatic heterocycles. The van der Waals surface area contributed by atoms with Gasteiger partial charge in [0.1, 0.15) is 16.9 Å². The van der Waals surface area contributed by atoms with Crippen molar-refractivity contribution < 1.29 is 13.9 Å². The number of carbonyl (C=O) groups excluding carboxylic acids is 1. The van der Waals surface area contributed by atoms with E-state index >= 15 is 0 Å². The molecule has 0 bridgehead atoms. The van der Waals surface area contributed by atoms with Crippen LogP contribution in [0.3, 0.4) is 0 Å². The molecule has 6 rings (SSSR count). The molecule has 1 saturated heterocycles. The Hall–Kier alpha value is -2.67. The number of primary amides is 1. The van der Waals surface area contributed by atoms with Crippen molar-refractivity contribution in [3.05, 3.63) is 40.8 Å². The monoisotopic (exact) mass is 485 g/mol. The van der Waals surface area contributed by atoms with Crippen molar-refractivity contribution in [2.45, 2.75) is 34.9 Å². The Balaban J connectivity index is 1.33. The summed E-state index contributed by atoms with van der Waals surface area (Å²) in [5, 5.41) is 14.1. The molecular formula is C21H20FN7O2S2. The lowest BCUT2D eigenvalue weighted by Gasteiger charge is -2.31. The summed E-state index contributed by atoms with van der Waals surface area (Å²) in [6, 6.07) is 6.34. The Morgan fingerprint density at radius 1 is 1.24 bits per heavy atom. The molecule has 1 aliphatic carbocycles. The SMILES string of the molecule is NC(=O)C(c1nc2cc(F)c(Sc3nnc4ccc(C5CC5)nn34)cc2s1)N1CCOCC1. The largest absolute Gasteiger partial charge is 0.379 e.